The molecule has 0 aromatic heterocycles. The Hall–Kier alpha value is -1.41. The van der Waals surface area contributed by atoms with Crippen LogP contribution in [0.5, 0.6) is 0 Å². The third kappa shape index (κ3) is 11.3. The largest absolute Gasteiger partial charge is 0.513 e. The van der Waals surface area contributed by atoms with Crippen molar-refractivity contribution in [1.82, 2.24) is 0 Å². The lowest BCUT2D eigenvalue weighted by Gasteiger charge is -2.16. The molecule has 0 heterocycles. The van der Waals surface area contributed by atoms with E-state index < -0.39 is 18.7 Å². The second kappa shape index (κ2) is 14.5. The molecule has 0 fully saturated rings. The second-order valence-electron chi connectivity index (χ2n) is 4.24. The highest BCUT2D eigenvalue weighted by Gasteiger charge is 2.18. The summed E-state index contributed by atoms with van der Waals surface area (Å²) in [6.45, 7) is 11.7. The number of unbranched alkanes of at least 4 members (excludes halogenated alkanes) is 2. The highest BCUT2D eigenvalue weighted by molar-refractivity contribution is 5.60. The Bertz CT molecular complexity index is 278. The van der Waals surface area contributed by atoms with Crippen LogP contribution in [0.4, 0.5) is 4.79 Å². The molecule has 0 rings (SSSR count). The molecule has 2 atom stereocenters. The monoisotopic (exact) mass is 318 g/mol. The van der Waals surface area contributed by atoms with Crippen LogP contribution in [0.2, 0.25) is 0 Å². The lowest BCUT2D eigenvalue weighted by Crippen LogP contribution is -2.25. The van der Waals surface area contributed by atoms with Gasteiger partial charge in [-0.3, -0.25) is 0 Å². The molecular weight excluding hydrogens is 292 g/mol. The molecule has 0 spiro atoms. The van der Waals surface area contributed by atoms with Crippen LogP contribution < -0.4 is 0 Å². The molecule has 0 bridgehead atoms. The Balaban J connectivity index is 3.98. The average molecular weight is 318 g/mol. The van der Waals surface area contributed by atoms with E-state index >= 15 is 0 Å². The zero-order valence-corrected chi connectivity index (χ0v) is 13.3. The lowest BCUT2D eigenvalue weighted by molar-refractivity contribution is -0.369. The molecule has 0 aromatic rings. The van der Waals surface area contributed by atoms with E-state index in [0.29, 0.717) is 13.2 Å². The van der Waals surface area contributed by atoms with Gasteiger partial charge in [-0.2, -0.15) is 9.78 Å². The molecule has 7 heteroatoms. The highest BCUT2D eigenvalue weighted by Crippen LogP contribution is 2.05. The maximum Gasteiger partial charge on any atom is 0.513 e. The molecule has 22 heavy (non-hydrogen) atoms. The van der Waals surface area contributed by atoms with Crippen LogP contribution in [0.1, 0.15) is 39.5 Å². The minimum atomic E-state index is -1.07. The van der Waals surface area contributed by atoms with Gasteiger partial charge in [0.25, 0.3) is 12.6 Å². The van der Waals surface area contributed by atoms with Gasteiger partial charge in [-0.1, -0.05) is 39.8 Å². The molecule has 0 aromatic carbocycles. The first kappa shape index (κ1) is 20.6. The predicted molar refractivity (Wildman–Crippen MR) is 79.4 cm³/mol. The van der Waals surface area contributed by atoms with Gasteiger partial charge in [-0.05, 0) is 25.0 Å². The molecule has 0 saturated heterocycles. The summed E-state index contributed by atoms with van der Waals surface area (Å²) in [7, 11) is 0. The molecule has 0 amide bonds. The van der Waals surface area contributed by atoms with Crippen molar-refractivity contribution in [3.63, 3.8) is 0 Å². The van der Waals surface area contributed by atoms with E-state index in [2.05, 4.69) is 13.2 Å². The van der Waals surface area contributed by atoms with E-state index in [9.17, 15) is 4.79 Å². The van der Waals surface area contributed by atoms with E-state index in [4.69, 9.17) is 29.0 Å². The van der Waals surface area contributed by atoms with Gasteiger partial charge in [-0.25, -0.2) is 14.6 Å². The molecule has 0 N–H and O–H groups in total. The Kier molecular flexibility index (Phi) is 13.6. The summed E-state index contributed by atoms with van der Waals surface area (Å²) in [5.74, 6) is 0. The third-order valence-corrected chi connectivity index (χ3v) is 2.30. The number of carbonyl (C=O) groups is 1. The number of hydrogen-bond acceptors (Lipinski definition) is 7. The number of hydrogen-bond donors (Lipinski definition) is 0. The Morgan fingerprint density at radius 1 is 0.909 bits per heavy atom. The maximum absolute atomic E-state index is 11.5. The first-order chi connectivity index (χ1) is 10.7. The zero-order valence-electron chi connectivity index (χ0n) is 13.3. The molecule has 2 unspecified atom stereocenters. The zero-order chi connectivity index (χ0) is 16.6. The third-order valence-electron chi connectivity index (χ3n) is 2.30. The van der Waals surface area contributed by atoms with Crippen molar-refractivity contribution in [3.05, 3.63) is 25.3 Å². The summed E-state index contributed by atoms with van der Waals surface area (Å²) in [6, 6.07) is 0. The van der Waals surface area contributed by atoms with Crippen LogP contribution in [-0.2, 0) is 29.0 Å². The van der Waals surface area contributed by atoms with Crippen molar-refractivity contribution in [2.45, 2.75) is 52.1 Å². The standard InChI is InChI=1S/C15H26O7/c1-5-9-11-17-21-13(7-3)19-15(16)20-14(8-4)22-18-12-10-6-2/h7-8,13-14H,3-6,9-12H2,1-2H3. The lowest BCUT2D eigenvalue weighted by atomic mass is 10.4. The Morgan fingerprint density at radius 3 is 1.64 bits per heavy atom. The summed E-state index contributed by atoms with van der Waals surface area (Å²) in [5.41, 5.74) is 0. The first-order valence-electron chi connectivity index (χ1n) is 7.36. The van der Waals surface area contributed by atoms with Crippen LogP contribution in [0, 0.1) is 0 Å². The molecule has 0 aliphatic heterocycles. The molecule has 7 nitrogen and oxygen atoms in total. The minimum Gasteiger partial charge on any atom is -0.398 e. The smallest absolute Gasteiger partial charge is 0.398 e. The van der Waals surface area contributed by atoms with Gasteiger partial charge in [0, 0.05) is 0 Å². The van der Waals surface area contributed by atoms with Crippen molar-refractivity contribution in [2.24, 2.45) is 0 Å². The van der Waals surface area contributed by atoms with Gasteiger partial charge in [0.2, 0.25) is 0 Å². The Labute approximate surface area is 131 Å². The van der Waals surface area contributed by atoms with Gasteiger partial charge < -0.3 is 9.47 Å². The fourth-order valence-corrected chi connectivity index (χ4v) is 1.07. The van der Waals surface area contributed by atoms with Crippen molar-refractivity contribution >= 4 is 6.16 Å². The number of ether oxygens (including phenoxy) is 2. The van der Waals surface area contributed by atoms with E-state index in [-0.39, 0.29) is 0 Å². The summed E-state index contributed by atoms with van der Waals surface area (Å²) < 4.78 is 9.66. The van der Waals surface area contributed by atoms with E-state index in [1.54, 1.807) is 0 Å². The van der Waals surface area contributed by atoms with Crippen LogP contribution in [0.15, 0.2) is 25.3 Å². The molecule has 0 radical (unpaired) electrons. The Morgan fingerprint density at radius 2 is 1.32 bits per heavy atom. The van der Waals surface area contributed by atoms with Gasteiger partial charge >= 0.3 is 6.16 Å². The summed E-state index contributed by atoms with van der Waals surface area (Å²) in [4.78, 5) is 31.0. The van der Waals surface area contributed by atoms with Crippen LogP contribution in [0.3, 0.4) is 0 Å². The predicted octanol–water partition coefficient (Wildman–Crippen LogP) is 3.66. The molecule has 0 aliphatic carbocycles. The first-order valence-corrected chi connectivity index (χ1v) is 7.36. The summed E-state index contributed by atoms with van der Waals surface area (Å²) in [5, 5.41) is 0. The van der Waals surface area contributed by atoms with Crippen molar-refractivity contribution in [1.29, 1.82) is 0 Å². The molecule has 128 valence electrons. The summed E-state index contributed by atoms with van der Waals surface area (Å²) >= 11 is 0. The second-order valence-corrected chi connectivity index (χ2v) is 4.24. The van der Waals surface area contributed by atoms with Gasteiger partial charge in [0.05, 0.1) is 13.2 Å². The topological polar surface area (TPSA) is 72.5 Å². The van der Waals surface area contributed by atoms with Gasteiger partial charge in [0.1, 0.15) is 0 Å². The maximum atomic E-state index is 11.5. The van der Waals surface area contributed by atoms with Crippen LogP contribution in [0.25, 0.3) is 0 Å². The van der Waals surface area contributed by atoms with Crippen molar-refractivity contribution in [3.8, 4) is 0 Å². The number of carbonyl (C=O) groups excluding carboxylic acids is 1. The minimum absolute atomic E-state index is 0.392. The highest BCUT2D eigenvalue weighted by atomic mass is 17.2. The van der Waals surface area contributed by atoms with Crippen molar-refractivity contribution < 1.29 is 33.8 Å². The quantitative estimate of drug-likeness (QED) is 0.121. The van der Waals surface area contributed by atoms with Crippen LogP contribution >= 0.6 is 0 Å². The normalized spacial score (nSPS) is 13.2. The van der Waals surface area contributed by atoms with Crippen LogP contribution in [-0.4, -0.2) is 31.9 Å². The fourth-order valence-electron chi connectivity index (χ4n) is 1.07. The van der Waals surface area contributed by atoms with E-state index in [0.717, 1.165) is 25.7 Å². The number of rotatable bonds is 14. The fraction of sp³-hybridized carbons (Fsp3) is 0.667. The van der Waals surface area contributed by atoms with E-state index in [1.165, 1.54) is 12.2 Å². The van der Waals surface area contributed by atoms with E-state index in [1.807, 2.05) is 13.8 Å². The van der Waals surface area contributed by atoms with Crippen molar-refractivity contribution in [2.75, 3.05) is 13.2 Å². The molecule has 0 saturated carbocycles. The molecular formula is C15H26O7. The average Bonchev–Trinajstić information content (AvgIpc) is 2.53. The SMILES string of the molecule is C=CC(OOCCCC)OC(=O)OC(C=C)OOCCCC. The molecule has 0 aliphatic rings. The summed E-state index contributed by atoms with van der Waals surface area (Å²) in [6.07, 6.45) is 2.93. The van der Waals surface area contributed by atoms with Gasteiger partial charge in [0.15, 0.2) is 0 Å². The van der Waals surface area contributed by atoms with Gasteiger partial charge in [-0.15, -0.1) is 0 Å².